The van der Waals surface area contributed by atoms with Crippen molar-refractivity contribution in [1.29, 1.82) is 0 Å². The Kier molecular flexibility index (Phi) is 10.1. The molecule has 0 unspecified atom stereocenters. The van der Waals surface area contributed by atoms with Gasteiger partial charge in [0.2, 0.25) is 0 Å². The van der Waals surface area contributed by atoms with Crippen molar-refractivity contribution in [3.63, 3.8) is 0 Å². The predicted molar refractivity (Wildman–Crippen MR) is 195 cm³/mol. The predicted octanol–water partition coefficient (Wildman–Crippen LogP) is 10.1. The Morgan fingerprint density at radius 2 is 0.596 bits per heavy atom. The van der Waals surface area contributed by atoms with E-state index in [9.17, 15) is 0 Å². The normalized spacial score (nSPS) is 12.9. The Labute approximate surface area is 285 Å². The van der Waals surface area contributed by atoms with Gasteiger partial charge in [-0.15, -0.1) is 23.5 Å². The van der Waals surface area contributed by atoms with Crippen LogP contribution in [0.5, 0.6) is 28.7 Å². The van der Waals surface area contributed by atoms with Crippen LogP contribution in [0.3, 0.4) is 0 Å². The topological polar surface area (TPSA) is 46.2 Å². The SMILES string of the molecule is COc1ccc(C(=C2SC(c3ccc(OC)cc3)SC2=C(c2ccc(OC)cc2)c2ccc(OC)cc2)c2ccc(OC)cc2)cc1. The lowest BCUT2D eigenvalue weighted by molar-refractivity contribution is 0.414. The van der Waals surface area contributed by atoms with Gasteiger partial charge in [-0.2, -0.15) is 0 Å². The van der Waals surface area contributed by atoms with Crippen LogP contribution in [0.4, 0.5) is 0 Å². The zero-order chi connectivity index (χ0) is 32.8. The molecule has 0 amide bonds. The second-order valence-corrected chi connectivity index (χ2v) is 13.2. The van der Waals surface area contributed by atoms with E-state index in [1.807, 2.05) is 84.2 Å². The van der Waals surface area contributed by atoms with Gasteiger partial charge >= 0.3 is 0 Å². The van der Waals surface area contributed by atoms with Crippen LogP contribution in [-0.4, -0.2) is 35.5 Å². The Morgan fingerprint density at radius 1 is 0.362 bits per heavy atom. The molecular weight excluding hydrogens is 625 g/mol. The fraction of sp³-hybridized carbons (Fsp3) is 0.150. The Bertz CT molecular complexity index is 1640. The largest absolute Gasteiger partial charge is 0.497 e. The van der Waals surface area contributed by atoms with E-state index in [1.54, 1.807) is 35.5 Å². The Hall–Kier alpha value is -4.72. The highest BCUT2D eigenvalue weighted by molar-refractivity contribution is 8.24. The van der Waals surface area contributed by atoms with Gasteiger partial charge in [0.15, 0.2) is 0 Å². The van der Waals surface area contributed by atoms with E-state index in [1.165, 1.54) is 15.4 Å². The van der Waals surface area contributed by atoms with Crippen LogP contribution in [0.1, 0.15) is 32.4 Å². The fourth-order valence-corrected chi connectivity index (χ4v) is 8.67. The quantitative estimate of drug-likeness (QED) is 0.148. The average Bonchev–Trinajstić information content (AvgIpc) is 3.57. The minimum atomic E-state index is 0.101. The molecule has 7 heteroatoms. The Morgan fingerprint density at radius 3 is 0.830 bits per heavy atom. The maximum Gasteiger partial charge on any atom is 0.118 e. The van der Waals surface area contributed by atoms with Crippen LogP contribution < -0.4 is 23.7 Å². The number of thioether (sulfide) groups is 2. The average molecular weight is 661 g/mol. The van der Waals surface area contributed by atoms with Crippen LogP contribution in [0, 0.1) is 0 Å². The first-order valence-electron chi connectivity index (χ1n) is 15.1. The molecule has 1 saturated heterocycles. The van der Waals surface area contributed by atoms with Crippen molar-refractivity contribution in [3.05, 3.63) is 159 Å². The standard InChI is InChI=1S/C40H36O5S2/c1-41-31-16-6-26(7-17-31)36(27-8-18-32(42-2)19-9-27)38-39(47-40(46-38)30-14-24-35(45-5)25-15-30)37(28-10-20-33(43-3)21-11-28)29-12-22-34(44-4)23-13-29/h6-25,40H,1-5H3. The number of ether oxygens (including phenoxy) is 5. The van der Waals surface area contributed by atoms with Gasteiger partial charge in [-0.25, -0.2) is 0 Å². The Balaban J connectivity index is 1.66. The molecule has 0 spiro atoms. The summed E-state index contributed by atoms with van der Waals surface area (Å²) in [6.45, 7) is 0. The van der Waals surface area contributed by atoms with Crippen molar-refractivity contribution in [2.24, 2.45) is 0 Å². The summed E-state index contributed by atoms with van der Waals surface area (Å²) in [5.41, 5.74) is 7.86. The van der Waals surface area contributed by atoms with E-state index in [2.05, 4.69) is 60.7 Å². The van der Waals surface area contributed by atoms with Crippen LogP contribution in [0.2, 0.25) is 0 Å². The highest BCUT2D eigenvalue weighted by atomic mass is 32.2. The molecule has 0 atom stereocenters. The molecule has 0 aromatic heterocycles. The molecule has 1 aliphatic rings. The number of rotatable bonds is 10. The lowest BCUT2D eigenvalue weighted by Crippen LogP contribution is -1.97. The van der Waals surface area contributed by atoms with E-state index in [0.717, 1.165) is 62.1 Å². The first-order chi connectivity index (χ1) is 23.0. The van der Waals surface area contributed by atoms with E-state index in [0.29, 0.717) is 0 Å². The van der Waals surface area contributed by atoms with Gasteiger partial charge in [0, 0.05) is 21.0 Å². The van der Waals surface area contributed by atoms with Crippen molar-refractivity contribution in [2.45, 2.75) is 4.58 Å². The molecule has 0 bridgehead atoms. The van der Waals surface area contributed by atoms with Crippen molar-refractivity contribution in [3.8, 4) is 28.7 Å². The lowest BCUT2D eigenvalue weighted by Gasteiger charge is -2.18. The number of hydrogen-bond acceptors (Lipinski definition) is 7. The first kappa shape index (κ1) is 32.2. The third-order valence-electron chi connectivity index (χ3n) is 8.01. The summed E-state index contributed by atoms with van der Waals surface area (Å²) < 4.78 is 27.7. The third kappa shape index (κ3) is 7.02. The van der Waals surface area contributed by atoms with E-state index < -0.39 is 0 Å². The van der Waals surface area contributed by atoms with Gasteiger partial charge in [-0.1, -0.05) is 60.7 Å². The van der Waals surface area contributed by atoms with E-state index in [-0.39, 0.29) is 4.58 Å². The van der Waals surface area contributed by atoms with Gasteiger partial charge in [0.05, 0.1) is 40.1 Å². The first-order valence-corrected chi connectivity index (χ1v) is 16.8. The summed E-state index contributed by atoms with van der Waals surface area (Å²) >= 11 is 3.74. The molecule has 1 fully saturated rings. The molecule has 6 rings (SSSR count). The molecule has 0 radical (unpaired) electrons. The molecule has 0 aliphatic carbocycles. The lowest BCUT2D eigenvalue weighted by atomic mass is 9.93. The van der Waals surface area contributed by atoms with Gasteiger partial charge < -0.3 is 23.7 Å². The van der Waals surface area contributed by atoms with Crippen LogP contribution >= 0.6 is 23.5 Å². The summed E-state index contributed by atoms with van der Waals surface area (Å²) in [5.74, 6) is 4.08. The number of benzene rings is 5. The summed E-state index contributed by atoms with van der Waals surface area (Å²) in [5, 5.41) is 0. The maximum atomic E-state index is 5.53. The van der Waals surface area contributed by atoms with Crippen molar-refractivity contribution >= 4 is 34.7 Å². The van der Waals surface area contributed by atoms with Gasteiger partial charge in [0.25, 0.3) is 0 Å². The summed E-state index contributed by atoms with van der Waals surface area (Å²) in [6.07, 6.45) is 0. The van der Waals surface area contributed by atoms with Crippen LogP contribution in [0.25, 0.3) is 11.1 Å². The summed E-state index contributed by atoms with van der Waals surface area (Å²) in [6, 6.07) is 41.6. The highest BCUT2D eigenvalue weighted by Gasteiger charge is 2.34. The van der Waals surface area contributed by atoms with Crippen molar-refractivity contribution in [1.82, 2.24) is 0 Å². The van der Waals surface area contributed by atoms with Crippen LogP contribution in [0.15, 0.2) is 131 Å². The zero-order valence-corrected chi connectivity index (χ0v) is 28.6. The van der Waals surface area contributed by atoms with E-state index >= 15 is 0 Å². The minimum Gasteiger partial charge on any atom is -0.497 e. The van der Waals surface area contributed by atoms with Gasteiger partial charge in [-0.05, 0) is 88.5 Å². The van der Waals surface area contributed by atoms with Crippen molar-refractivity contribution < 1.29 is 23.7 Å². The molecule has 0 N–H and O–H groups in total. The van der Waals surface area contributed by atoms with Gasteiger partial charge in [-0.3, -0.25) is 0 Å². The zero-order valence-electron chi connectivity index (χ0n) is 27.0. The van der Waals surface area contributed by atoms with Crippen molar-refractivity contribution in [2.75, 3.05) is 35.5 Å². The number of methoxy groups -OCH3 is 5. The molecule has 5 nitrogen and oxygen atoms in total. The minimum absolute atomic E-state index is 0.101. The van der Waals surface area contributed by atoms with Crippen LogP contribution in [-0.2, 0) is 0 Å². The summed E-state index contributed by atoms with van der Waals surface area (Å²) in [7, 11) is 8.46. The molecule has 0 saturated carbocycles. The molecular formula is C40H36O5S2. The third-order valence-corrected chi connectivity index (χ3v) is 11.0. The maximum absolute atomic E-state index is 5.53. The monoisotopic (exact) mass is 660 g/mol. The van der Waals surface area contributed by atoms with Gasteiger partial charge in [0.1, 0.15) is 28.7 Å². The number of hydrogen-bond donors (Lipinski definition) is 0. The molecule has 1 heterocycles. The van der Waals surface area contributed by atoms with E-state index in [4.69, 9.17) is 23.7 Å². The molecule has 47 heavy (non-hydrogen) atoms. The molecule has 5 aromatic rings. The second kappa shape index (κ2) is 14.8. The smallest absolute Gasteiger partial charge is 0.118 e. The second-order valence-electron chi connectivity index (χ2n) is 10.7. The fourth-order valence-electron chi connectivity index (χ4n) is 5.48. The molecule has 5 aromatic carbocycles. The molecule has 1 aliphatic heterocycles. The summed E-state index contributed by atoms with van der Waals surface area (Å²) in [4.78, 5) is 2.38. The molecule has 238 valence electrons. The highest BCUT2D eigenvalue weighted by Crippen LogP contribution is 2.63.